The van der Waals surface area contributed by atoms with Gasteiger partial charge in [0, 0.05) is 19.9 Å². The van der Waals surface area contributed by atoms with E-state index in [1.54, 1.807) is 6.07 Å². The SMILES string of the molecule is COc1ccc(F)c(C#CCCNC(C)=O)c1. The molecule has 90 valence electrons. The molecule has 0 saturated heterocycles. The molecule has 1 N–H and O–H groups in total. The predicted octanol–water partition coefficient (Wildman–Crippen LogP) is 1.71. The molecular formula is C13H14FNO2. The molecule has 1 aromatic rings. The van der Waals surface area contributed by atoms with Crippen LogP contribution in [0, 0.1) is 17.7 Å². The Hall–Kier alpha value is -2.02. The number of carbonyl (C=O) groups is 1. The number of halogens is 1. The highest BCUT2D eigenvalue weighted by Gasteiger charge is 2.00. The van der Waals surface area contributed by atoms with Crippen molar-refractivity contribution in [1.29, 1.82) is 0 Å². The summed E-state index contributed by atoms with van der Waals surface area (Å²) in [6, 6.07) is 4.40. The van der Waals surface area contributed by atoms with Crippen molar-refractivity contribution in [2.75, 3.05) is 13.7 Å². The summed E-state index contributed by atoms with van der Waals surface area (Å²) in [5.74, 6) is 5.59. The summed E-state index contributed by atoms with van der Waals surface area (Å²) in [6.07, 6.45) is 0.482. The molecule has 1 aromatic carbocycles. The van der Waals surface area contributed by atoms with E-state index in [2.05, 4.69) is 17.2 Å². The Morgan fingerprint density at radius 3 is 2.94 bits per heavy atom. The first-order chi connectivity index (χ1) is 8.13. The first kappa shape index (κ1) is 13.0. The van der Waals surface area contributed by atoms with Crippen LogP contribution in [-0.4, -0.2) is 19.6 Å². The monoisotopic (exact) mass is 235 g/mol. The molecule has 0 radical (unpaired) electrons. The van der Waals surface area contributed by atoms with Gasteiger partial charge >= 0.3 is 0 Å². The fourth-order valence-electron chi connectivity index (χ4n) is 1.19. The van der Waals surface area contributed by atoms with Crippen molar-refractivity contribution in [3.05, 3.63) is 29.6 Å². The number of hydrogen-bond donors (Lipinski definition) is 1. The van der Waals surface area contributed by atoms with Gasteiger partial charge in [0.05, 0.1) is 12.7 Å². The van der Waals surface area contributed by atoms with Gasteiger partial charge in [0.2, 0.25) is 5.91 Å². The summed E-state index contributed by atoms with van der Waals surface area (Å²) in [7, 11) is 1.52. The molecule has 0 aliphatic heterocycles. The van der Waals surface area contributed by atoms with Gasteiger partial charge in [-0.15, -0.1) is 0 Å². The zero-order valence-electron chi connectivity index (χ0n) is 9.84. The summed E-state index contributed by atoms with van der Waals surface area (Å²) in [5, 5.41) is 2.61. The Bertz CT molecular complexity index is 460. The van der Waals surface area contributed by atoms with Crippen LogP contribution in [0.15, 0.2) is 18.2 Å². The highest BCUT2D eigenvalue weighted by Crippen LogP contribution is 2.15. The molecule has 0 fully saturated rings. The smallest absolute Gasteiger partial charge is 0.216 e. The number of nitrogens with one attached hydrogen (secondary N) is 1. The summed E-state index contributed by atoms with van der Waals surface area (Å²) < 4.78 is 18.3. The predicted molar refractivity (Wildman–Crippen MR) is 63.1 cm³/mol. The summed E-state index contributed by atoms with van der Waals surface area (Å²) in [6.45, 7) is 1.91. The molecule has 4 heteroatoms. The average molecular weight is 235 g/mol. The van der Waals surface area contributed by atoms with E-state index in [0.29, 0.717) is 24.3 Å². The first-order valence-electron chi connectivity index (χ1n) is 5.20. The van der Waals surface area contributed by atoms with E-state index in [9.17, 15) is 9.18 Å². The van der Waals surface area contributed by atoms with Gasteiger partial charge in [-0.05, 0) is 18.2 Å². The van der Waals surface area contributed by atoms with Gasteiger partial charge in [-0.25, -0.2) is 4.39 Å². The lowest BCUT2D eigenvalue weighted by molar-refractivity contribution is -0.118. The molecule has 3 nitrogen and oxygen atoms in total. The minimum Gasteiger partial charge on any atom is -0.497 e. The van der Waals surface area contributed by atoms with Crippen LogP contribution < -0.4 is 10.1 Å². The highest BCUT2D eigenvalue weighted by molar-refractivity contribution is 5.72. The Labute approximate surface area is 100.0 Å². The quantitative estimate of drug-likeness (QED) is 0.640. The average Bonchev–Trinajstić information content (AvgIpc) is 2.30. The molecule has 0 heterocycles. The Balaban J connectivity index is 2.61. The van der Waals surface area contributed by atoms with E-state index in [1.165, 1.54) is 26.2 Å². The molecule has 0 saturated carbocycles. The van der Waals surface area contributed by atoms with Crippen molar-refractivity contribution in [3.8, 4) is 17.6 Å². The molecule has 0 aliphatic rings. The van der Waals surface area contributed by atoms with Gasteiger partial charge in [0.1, 0.15) is 11.6 Å². The Morgan fingerprint density at radius 1 is 1.53 bits per heavy atom. The second-order valence-electron chi connectivity index (χ2n) is 3.38. The van der Waals surface area contributed by atoms with Crippen LogP contribution in [0.4, 0.5) is 4.39 Å². The van der Waals surface area contributed by atoms with Crippen molar-refractivity contribution in [1.82, 2.24) is 5.32 Å². The van der Waals surface area contributed by atoms with Crippen LogP contribution in [0.3, 0.4) is 0 Å². The van der Waals surface area contributed by atoms with Crippen LogP contribution in [0.1, 0.15) is 18.9 Å². The van der Waals surface area contributed by atoms with Gasteiger partial charge < -0.3 is 10.1 Å². The van der Waals surface area contributed by atoms with Crippen molar-refractivity contribution in [3.63, 3.8) is 0 Å². The maximum atomic E-state index is 13.3. The summed E-state index contributed by atoms with van der Waals surface area (Å²) >= 11 is 0. The van der Waals surface area contributed by atoms with E-state index in [-0.39, 0.29) is 11.7 Å². The van der Waals surface area contributed by atoms with Crippen molar-refractivity contribution in [2.24, 2.45) is 0 Å². The van der Waals surface area contributed by atoms with E-state index in [1.807, 2.05) is 0 Å². The second kappa shape index (κ2) is 6.54. The molecule has 0 unspecified atom stereocenters. The minimum absolute atomic E-state index is 0.0978. The van der Waals surface area contributed by atoms with Gasteiger partial charge in [0.15, 0.2) is 0 Å². The first-order valence-corrected chi connectivity index (χ1v) is 5.20. The number of carbonyl (C=O) groups excluding carboxylic acids is 1. The number of hydrogen-bond acceptors (Lipinski definition) is 2. The third-order valence-corrected chi connectivity index (χ3v) is 2.02. The van der Waals surface area contributed by atoms with Crippen LogP contribution >= 0.6 is 0 Å². The van der Waals surface area contributed by atoms with E-state index in [4.69, 9.17) is 4.74 Å². The number of rotatable bonds is 3. The maximum absolute atomic E-state index is 13.3. The molecule has 1 rings (SSSR count). The highest BCUT2D eigenvalue weighted by atomic mass is 19.1. The molecule has 0 aliphatic carbocycles. The normalized spacial score (nSPS) is 9.12. The van der Waals surface area contributed by atoms with Crippen LogP contribution in [0.5, 0.6) is 5.75 Å². The zero-order chi connectivity index (χ0) is 12.7. The number of ether oxygens (including phenoxy) is 1. The zero-order valence-corrected chi connectivity index (χ0v) is 9.84. The topological polar surface area (TPSA) is 38.3 Å². The van der Waals surface area contributed by atoms with Gasteiger partial charge in [-0.3, -0.25) is 4.79 Å². The number of benzene rings is 1. The van der Waals surface area contributed by atoms with Gasteiger partial charge in [0.25, 0.3) is 0 Å². The van der Waals surface area contributed by atoms with Crippen LogP contribution in [-0.2, 0) is 4.79 Å². The lowest BCUT2D eigenvalue weighted by Gasteiger charge is -2.00. The molecule has 0 atom stereocenters. The maximum Gasteiger partial charge on any atom is 0.216 e. The second-order valence-corrected chi connectivity index (χ2v) is 3.38. The fraction of sp³-hybridized carbons (Fsp3) is 0.308. The third kappa shape index (κ3) is 4.56. The molecule has 0 bridgehead atoms. The molecular weight excluding hydrogens is 221 g/mol. The molecule has 1 amide bonds. The fourth-order valence-corrected chi connectivity index (χ4v) is 1.19. The van der Waals surface area contributed by atoms with Gasteiger partial charge in [-0.1, -0.05) is 11.8 Å². The van der Waals surface area contributed by atoms with Crippen LogP contribution in [0.25, 0.3) is 0 Å². The minimum atomic E-state index is -0.377. The van der Waals surface area contributed by atoms with E-state index >= 15 is 0 Å². The molecule has 0 aromatic heterocycles. The summed E-state index contributed by atoms with van der Waals surface area (Å²) in [5.41, 5.74) is 0.298. The lowest BCUT2D eigenvalue weighted by atomic mass is 10.2. The van der Waals surface area contributed by atoms with Crippen molar-refractivity contribution >= 4 is 5.91 Å². The Morgan fingerprint density at radius 2 is 2.29 bits per heavy atom. The van der Waals surface area contributed by atoms with E-state index in [0.717, 1.165) is 0 Å². The molecule has 17 heavy (non-hydrogen) atoms. The van der Waals surface area contributed by atoms with E-state index < -0.39 is 0 Å². The number of methoxy groups -OCH3 is 1. The van der Waals surface area contributed by atoms with Crippen molar-refractivity contribution in [2.45, 2.75) is 13.3 Å². The molecule has 0 spiro atoms. The van der Waals surface area contributed by atoms with Crippen molar-refractivity contribution < 1.29 is 13.9 Å². The Kier molecular flexibility index (Phi) is 5.02. The lowest BCUT2D eigenvalue weighted by Crippen LogP contribution is -2.20. The summed E-state index contributed by atoms with van der Waals surface area (Å²) in [4.78, 5) is 10.6. The standard InChI is InChI=1S/C13H14FNO2/c1-10(16)15-8-4-3-5-11-9-12(17-2)6-7-13(11)14/h6-7,9H,4,8H2,1-2H3,(H,15,16). The van der Waals surface area contributed by atoms with Crippen LogP contribution in [0.2, 0.25) is 0 Å². The van der Waals surface area contributed by atoms with Gasteiger partial charge in [-0.2, -0.15) is 0 Å². The third-order valence-electron chi connectivity index (χ3n) is 2.02. The largest absolute Gasteiger partial charge is 0.497 e. The number of amides is 1.